The van der Waals surface area contributed by atoms with Crippen LogP contribution < -0.4 is 4.72 Å². The van der Waals surface area contributed by atoms with E-state index in [4.69, 9.17) is 4.74 Å². The van der Waals surface area contributed by atoms with Crippen LogP contribution >= 0.6 is 11.3 Å². The molecule has 1 saturated carbocycles. The number of carbonyl (C=O) groups is 1. The Balaban J connectivity index is 1.18. The lowest BCUT2D eigenvalue weighted by Crippen LogP contribution is -2.56. The molecule has 2 aromatic heterocycles. The van der Waals surface area contributed by atoms with Crippen molar-refractivity contribution < 1.29 is 17.9 Å². The zero-order valence-electron chi connectivity index (χ0n) is 20.7. The molecule has 11 heteroatoms. The minimum Gasteiger partial charge on any atom is -0.374 e. The summed E-state index contributed by atoms with van der Waals surface area (Å²) in [6.45, 7) is 1.39. The Kier molecular flexibility index (Phi) is 7.43. The van der Waals surface area contributed by atoms with Crippen LogP contribution in [-0.4, -0.2) is 72.1 Å². The maximum absolute atomic E-state index is 12.8. The molecule has 0 bridgehead atoms. The molecule has 2 fully saturated rings. The molecule has 3 aromatic rings. The molecule has 194 valence electrons. The second kappa shape index (κ2) is 10.6. The highest BCUT2D eigenvalue weighted by molar-refractivity contribution is 7.88. The van der Waals surface area contributed by atoms with Gasteiger partial charge in [-0.25, -0.2) is 18.1 Å². The number of aromatic nitrogens is 3. The van der Waals surface area contributed by atoms with Gasteiger partial charge in [0.25, 0.3) is 5.91 Å². The van der Waals surface area contributed by atoms with E-state index in [1.54, 1.807) is 16.5 Å². The van der Waals surface area contributed by atoms with Gasteiger partial charge >= 0.3 is 0 Å². The fraction of sp³-hybridized carbons (Fsp3) is 0.560. The molecule has 1 amide bonds. The van der Waals surface area contributed by atoms with Crippen molar-refractivity contribution in [1.82, 2.24) is 24.4 Å². The van der Waals surface area contributed by atoms with Gasteiger partial charge in [0.2, 0.25) is 10.0 Å². The number of rotatable bonds is 7. The molecule has 1 saturated heterocycles. The molecule has 1 aliphatic carbocycles. The van der Waals surface area contributed by atoms with E-state index in [2.05, 4.69) is 33.0 Å². The summed E-state index contributed by atoms with van der Waals surface area (Å²) in [6, 6.07) is 6.30. The van der Waals surface area contributed by atoms with Crippen molar-refractivity contribution in [3.63, 3.8) is 0 Å². The van der Waals surface area contributed by atoms with Gasteiger partial charge in [0, 0.05) is 43.7 Å². The highest BCUT2D eigenvalue weighted by Crippen LogP contribution is 2.37. The maximum Gasteiger partial charge on any atom is 0.282 e. The molecule has 1 aliphatic heterocycles. The van der Waals surface area contributed by atoms with Crippen LogP contribution in [-0.2, 0) is 21.8 Å². The monoisotopic (exact) mass is 531 g/mol. The van der Waals surface area contributed by atoms with Crippen LogP contribution in [0.5, 0.6) is 0 Å². The zero-order chi connectivity index (χ0) is 25.3. The minimum atomic E-state index is -3.38. The van der Waals surface area contributed by atoms with Crippen molar-refractivity contribution in [3.8, 4) is 0 Å². The van der Waals surface area contributed by atoms with Crippen LogP contribution in [0.1, 0.15) is 53.4 Å². The summed E-state index contributed by atoms with van der Waals surface area (Å²) in [5.74, 6) is 0.835. The lowest BCUT2D eigenvalue weighted by molar-refractivity contribution is -0.0311. The zero-order valence-corrected chi connectivity index (χ0v) is 22.3. The minimum absolute atomic E-state index is 0.123. The summed E-state index contributed by atoms with van der Waals surface area (Å²) in [5.41, 5.74) is 2.52. The van der Waals surface area contributed by atoms with Crippen molar-refractivity contribution >= 4 is 38.2 Å². The van der Waals surface area contributed by atoms with E-state index < -0.39 is 10.0 Å². The van der Waals surface area contributed by atoms with E-state index in [9.17, 15) is 13.2 Å². The Labute approximate surface area is 215 Å². The van der Waals surface area contributed by atoms with Crippen molar-refractivity contribution in [2.75, 3.05) is 26.0 Å². The first-order valence-electron chi connectivity index (χ1n) is 12.5. The molecule has 0 radical (unpaired) electrons. The van der Waals surface area contributed by atoms with E-state index >= 15 is 0 Å². The number of fused-ring (bicyclic) bond motifs is 1. The Bertz CT molecular complexity index is 1300. The third-order valence-corrected chi connectivity index (χ3v) is 8.95. The number of likely N-dealkylation sites (tertiary alicyclic amines) is 1. The van der Waals surface area contributed by atoms with Crippen molar-refractivity contribution in [2.24, 2.45) is 13.0 Å². The Morgan fingerprint density at radius 2 is 2.03 bits per heavy atom. The van der Waals surface area contributed by atoms with Crippen LogP contribution in [0.2, 0.25) is 0 Å². The van der Waals surface area contributed by atoms with Gasteiger partial charge in [-0.3, -0.25) is 9.48 Å². The van der Waals surface area contributed by atoms with Gasteiger partial charge in [0.1, 0.15) is 0 Å². The molecule has 0 unspecified atom stereocenters. The topological polar surface area (TPSA) is 106 Å². The predicted molar refractivity (Wildman–Crippen MR) is 140 cm³/mol. The maximum atomic E-state index is 12.8. The van der Waals surface area contributed by atoms with Gasteiger partial charge in [-0.05, 0) is 61.6 Å². The van der Waals surface area contributed by atoms with E-state index in [-0.39, 0.29) is 18.1 Å². The summed E-state index contributed by atoms with van der Waals surface area (Å²) >= 11 is 1.31. The summed E-state index contributed by atoms with van der Waals surface area (Å²) < 4.78 is 34.8. The van der Waals surface area contributed by atoms with E-state index in [1.807, 2.05) is 17.9 Å². The van der Waals surface area contributed by atoms with Crippen molar-refractivity contribution in [1.29, 1.82) is 0 Å². The largest absolute Gasteiger partial charge is 0.374 e. The number of ether oxygens (including phenoxy) is 1. The van der Waals surface area contributed by atoms with Crippen LogP contribution in [0.3, 0.4) is 0 Å². The molecular weight excluding hydrogens is 498 g/mol. The highest BCUT2D eigenvalue weighted by Gasteiger charge is 2.35. The second-order valence-electron chi connectivity index (χ2n) is 10.0. The van der Waals surface area contributed by atoms with Crippen LogP contribution in [0, 0.1) is 5.92 Å². The van der Waals surface area contributed by atoms with Gasteiger partial charge in [0.15, 0.2) is 5.01 Å². The van der Waals surface area contributed by atoms with Gasteiger partial charge in [-0.15, -0.1) is 11.3 Å². The molecule has 2 atom stereocenters. The number of benzene rings is 1. The molecule has 1 N–H and O–H groups in total. The number of piperidine rings is 1. The second-order valence-corrected chi connectivity index (χ2v) is 12.7. The average molecular weight is 532 g/mol. The number of aryl methyl sites for hydroxylation is 1. The van der Waals surface area contributed by atoms with Crippen molar-refractivity contribution in [3.05, 3.63) is 46.5 Å². The van der Waals surface area contributed by atoms with Crippen LogP contribution in [0.4, 0.5) is 0 Å². The molecule has 5 rings (SSSR count). The molecule has 2 aliphatic rings. The molecule has 36 heavy (non-hydrogen) atoms. The lowest BCUT2D eigenvalue weighted by atomic mass is 9.79. The Morgan fingerprint density at radius 1 is 1.22 bits per heavy atom. The Morgan fingerprint density at radius 3 is 2.75 bits per heavy atom. The first kappa shape index (κ1) is 25.3. The summed E-state index contributed by atoms with van der Waals surface area (Å²) in [4.78, 5) is 18.7. The first-order chi connectivity index (χ1) is 17.3. The molecular formula is C25H33N5O4S2. The lowest BCUT2D eigenvalue weighted by Gasteiger charge is -2.39. The van der Waals surface area contributed by atoms with E-state index in [0.717, 1.165) is 31.2 Å². The van der Waals surface area contributed by atoms with Gasteiger partial charge < -0.3 is 9.64 Å². The van der Waals surface area contributed by atoms with Crippen molar-refractivity contribution in [2.45, 2.75) is 50.2 Å². The highest BCUT2D eigenvalue weighted by atomic mass is 32.2. The molecule has 9 nitrogen and oxygen atoms in total. The molecule has 3 heterocycles. The van der Waals surface area contributed by atoms with Crippen LogP contribution in [0.25, 0.3) is 10.9 Å². The third-order valence-electron chi connectivity index (χ3n) is 7.46. The van der Waals surface area contributed by atoms with Gasteiger partial charge in [-0.2, -0.15) is 5.10 Å². The smallest absolute Gasteiger partial charge is 0.282 e. The first-order valence-corrected chi connectivity index (χ1v) is 15.2. The average Bonchev–Trinajstić information content (AvgIpc) is 3.53. The SMILES string of the molecule is Cn1ncc2cc(C3CCC(CO[C@@H]4CN(C(=O)c5nccs5)CC[C@@H]4NS(C)(=O)=O)CC3)ccc21. The Hall–Kier alpha value is -2.34. The molecule has 0 spiro atoms. The quantitative estimate of drug-likeness (QED) is 0.502. The number of amides is 1. The van der Waals surface area contributed by atoms with Gasteiger partial charge in [0.05, 0.1) is 30.1 Å². The molecule has 1 aromatic carbocycles. The van der Waals surface area contributed by atoms with Crippen LogP contribution in [0.15, 0.2) is 36.0 Å². The third kappa shape index (κ3) is 5.80. The van der Waals surface area contributed by atoms with E-state index in [0.29, 0.717) is 43.0 Å². The number of hydrogen-bond acceptors (Lipinski definition) is 7. The number of carbonyl (C=O) groups excluding carboxylic acids is 1. The number of sulfonamides is 1. The summed E-state index contributed by atoms with van der Waals surface area (Å²) in [5, 5.41) is 7.76. The normalized spacial score (nSPS) is 25.3. The van der Waals surface area contributed by atoms with E-state index in [1.165, 1.54) is 28.5 Å². The number of thiazole rings is 1. The number of hydrogen-bond donors (Lipinski definition) is 1. The fourth-order valence-electron chi connectivity index (χ4n) is 5.50. The predicted octanol–water partition coefficient (Wildman–Crippen LogP) is 3.15. The number of nitrogens with zero attached hydrogens (tertiary/aromatic N) is 4. The number of nitrogens with one attached hydrogen (secondary N) is 1. The fourth-order valence-corrected chi connectivity index (χ4v) is 6.92. The summed E-state index contributed by atoms with van der Waals surface area (Å²) in [6.07, 6.45) is 9.17. The summed E-state index contributed by atoms with van der Waals surface area (Å²) in [7, 11) is -1.42. The van der Waals surface area contributed by atoms with Gasteiger partial charge in [-0.1, -0.05) is 6.07 Å². The standard InChI is InChI=1S/C25H33N5O4S2/c1-29-22-8-7-19(13-20(22)14-27-29)18-5-3-17(4-6-18)16-34-23-15-30(25(31)24-26-10-12-35-24)11-9-21(23)28-36(2,32)33/h7-8,10,12-14,17-18,21,23,28H,3-6,9,11,15-16H2,1-2H3/t17?,18?,21-,23+/m0/s1.